The van der Waals surface area contributed by atoms with Crippen molar-refractivity contribution in [2.24, 2.45) is 0 Å². The van der Waals surface area contributed by atoms with E-state index < -0.39 is 5.97 Å². The molecule has 0 radical (unpaired) electrons. The molecule has 0 heterocycles. The summed E-state index contributed by atoms with van der Waals surface area (Å²) in [4.78, 5) is 24.2. The summed E-state index contributed by atoms with van der Waals surface area (Å²) < 4.78 is 5.26. The quantitative estimate of drug-likeness (QED) is 0.324. The van der Waals surface area contributed by atoms with E-state index in [0.717, 1.165) is 5.56 Å². The van der Waals surface area contributed by atoms with Gasteiger partial charge in [-0.25, -0.2) is 4.79 Å². The van der Waals surface area contributed by atoms with E-state index in [1.54, 1.807) is 36.4 Å². The molecule has 0 spiro atoms. The van der Waals surface area contributed by atoms with Crippen LogP contribution in [0.25, 0.3) is 6.08 Å². The first-order valence-electron chi connectivity index (χ1n) is 8.32. The highest BCUT2D eigenvalue weighted by Crippen LogP contribution is 2.25. The fourth-order valence-corrected chi connectivity index (χ4v) is 2.87. The number of ether oxygens (including phenoxy) is 1. The SMILES string of the molecule is O=C(C=Cc1ccccc1)Nc1ccc(C(=O)Oc2cc(Cl)cc(Cl)c2)cc1. The highest BCUT2D eigenvalue weighted by molar-refractivity contribution is 6.34. The Kier molecular flexibility index (Phi) is 6.48. The van der Waals surface area contributed by atoms with Crippen molar-refractivity contribution in [3.63, 3.8) is 0 Å². The van der Waals surface area contributed by atoms with Gasteiger partial charge in [-0.1, -0.05) is 53.5 Å². The van der Waals surface area contributed by atoms with Crippen LogP contribution in [0.5, 0.6) is 5.75 Å². The normalized spacial score (nSPS) is 10.6. The minimum Gasteiger partial charge on any atom is -0.423 e. The lowest BCUT2D eigenvalue weighted by molar-refractivity contribution is -0.111. The van der Waals surface area contributed by atoms with Crippen LogP contribution in [0.2, 0.25) is 10.0 Å². The summed E-state index contributed by atoms with van der Waals surface area (Å²) in [6.07, 6.45) is 3.16. The standard InChI is InChI=1S/C22H15Cl2NO3/c23-17-12-18(24)14-20(13-17)28-22(27)16-7-9-19(10-8-16)25-21(26)11-6-15-4-2-1-3-5-15/h1-14H,(H,25,26). The maximum absolute atomic E-state index is 12.2. The van der Waals surface area contributed by atoms with Crippen molar-refractivity contribution in [3.8, 4) is 5.75 Å². The molecule has 0 fully saturated rings. The molecule has 0 aromatic heterocycles. The van der Waals surface area contributed by atoms with Crippen LogP contribution in [0.4, 0.5) is 5.69 Å². The van der Waals surface area contributed by atoms with Gasteiger partial charge in [0.15, 0.2) is 0 Å². The second-order valence-electron chi connectivity index (χ2n) is 5.81. The molecule has 6 heteroatoms. The van der Waals surface area contributed by atoms with Crippen molar-refractivity contribution in [1.29, 1.82) is 0 Å². The molecule has 28 heavy (non-hydrogen) atoms. The van der Waals surface area contributed by atoms with Crippen molar-refractivity contribution in [3.05, 3.63) is 100 Å². The minimum atomic E-state index is -0.555. The zero-order valence-corrected chi connectivity index (χ0v) is 16.1. The maximum Gasteiger partial charge on any atom is 0.343 e. The van der Waals surface area contributed by atoms with Gasteiger partial charge < -0.3 is 10.1 Å². The Morgan fingerprint density at radius 3 is 2.14 bits per heavy atom. The largest absolute Gasteiger partial charge is 0.423 e. The average molecular weight is 412 g/mol. The summed E-state index contributed by atoms with van der Waals surface area (Å²) in [5, 5.41) is 3.47. The van der Waals surface area contributed by atoms with Crippen molar-refractivity contribution in [1.82, 2.24) is 0 Å². The van der Waals surface area contributed by atoms with E-state index in [1.165, 1.54) is 18.2 Å². The van der Waals surface area contributed by atoms with Crippen molar-refractivity contribution >= 4 is 46.8 Å². The first-order chi connectivity index (χ1) is 13.5. The Morgan fingerprint density at radius 1 is 0.857 bits per heavy atom. The van der Waals surface area contributed by atoms with Crippen molar-refractivity contribution < 1.29 is 14.3 Å². The third-order valence-electron chi connectivity index (χ3n) is 3.66. The fraction of sp³-hybridized carbons (Fsp3) is 0. The lowest BCUT2D eigenvalue weighted by Gasteiger charge is -2.07. The van der Waals surface area contributed by atoms with Crippen LogP contribution in [-0.4, -0.2) is 11.9 Å². The van der Waals surface area contributed by atoms with Crippen LogP contribution in [0, 0.1) is 0 Å². The predicted octanol–water partition coefficient (Wildman–Crippen LogP) is 5.86. The number of benzene rings is 3. The predicted molar refractivity (Wildman–Crippen MR) is 112 cm³/mol. The van der Waals surface area contributed by atoms with Gasteiger partial charge in [-0.05, 0) is 54.1 Å². The third kappa shape index (κ3) is 5.71. The molecule has 0 bridgehead atoms. The number of anilines is 1. The molecule has 0 aliphatic heterocycles. The molecular weight excluding hydrogens is 397 g/mol. The number of rotatable bonds is 5. The Morgan fingerprint density at radius 2 is 1.50 bits per heavy atom. The van der Waals surface area contributed by atoms with Gasteiger partial charge >= 0.3 is 5.97 Å². The smallest absolute Gasteiger partial charge is 0.343 e. The molecule has 0 saturated carbocycles. The van der Waals surface area contributed by atoms with E-state index in [9.17, 15) is 9.59 Å². The van der Waals surface area contributed by atoms with Crippen LogP contribution >= 0.6 is 23.2 Å². The Labute approximate surface area is 172 Å². The number of carbonyl (C=O) groups is 2. The molecular formula is C22H15Cl2NO3. The van der Waals surface area contributed by atoms with Gasteiger partial charge in [0.2, 0.25) is 5.91 Å². The highest BCUT2D eigenvalue weighted by Gasteiger charge is 2.10. The third-order valence-corrected chi connectivity index (χ3v) is 4.10. The molecule has 0 unspecified atom stereocenters. The molecule has 4 nitrogen and oxygen atoms in total. The first-order valence-corrected chi connectivity index (χ1v) is 9.08. The van der Waals surface area contributed by atoms with Crippen LogP contribution < -0.4 is 10.1 Å². The van der Waals surface area contributed by atoms with Crippen LogP contribution in [0.15, 0.2) is 78.9 Å². The lowest BCUT2D eigenvalue weighted by atomic mass is 10.2. The summed E-state index contributed by atoms with van der Waals surface area (Å²) in [6, 6.07) is 20.4. The van der Waals surface area contributed by atoms with E-state index in [-0.39, 0.29) is 11.7 Å². The topological polar surface area (TPSA) is 55.4 Å². The van der Waals surface area contributed by atoms with Gasteiger partial charge in [0.25, 0.3) is 0 Å². The zero-order chi connectivity index (χ0) is 19.9. The van der Waals surface area contributed by atoms with Gasteiger partial charge in [0, 0.05) is 21.8 Å². The Hall–Kier alpha value is -3.08. The van der Waals surface area contributed by atoms with E-state index in [0.29, 0.717) is 21.3 Å². The molecule has 1 amide bonds. The zero-order valence-electron chi connectivity index (χ0n) is 14.6. The van der Waals surface area contributed by atoms with Crippen LogP contribution in [0.1, 0.15) is 15.9 Å². The highest BCUT2D eigenvalue weighted by atomic mass is 35.5. The van der Waals surface area contributed by atoms with E-state index in [1.807, 2.05) is 30.3 Å². The Bertz CT molecular complexity index is 995. The molecule has 0 saturated heterocycles. The van der Waals surface area contributed by atoms with Crippen LogP contribution in [0.3, 0.4) is 0 Å². The second kappa shape index (κ2) is 9.22. The van der Waals surface area contributed by atoms with E-state index >= 15 is 0 Å². The molecule has 0 atom stereocenters. The summed E-state index contributed by atoms with van der Waals surface area (Å²) >= 11 is 11.8. The van der Waals surface area contributed by atoms with Crippen LogP contribution in [-0.2, 0) is 4.79 Å². The number of amides is 1. The number of hydrogen-bond acceptors (Lipinski definition) is 3. The summed E-state index contributed by atoms with van der Waals surface area (Å²) in [5.74, 6) is -0.570. The summed E-state index contributed by atoms with van der Waals surface area (Å²) in [7, 11) is 0. The molecule has 3 rings (SSSR count). The minimum absolute atomic E-state index is 0.255. The van der Waals surface area contributed by atoms with Gasteiger partial charge in [-0.15, -0.1) is 0 Å². The van der Waals surface area contributed by atoms with Crippen molar-refractivity contribution in [2.45, 2.75) is 0 Å². The molecule has 3 aromatic rings. The lowest BCUT2D eigenvalue weighted by Crippen LogP contribution is -2.10. The number of nitrogens with one attached hydrogen (secondary N) is 1. The van der Waals surface area contributed by atoms with E-state index in [2.05, 4.69) is 5.32 Å². The Balaban J connectivity index is 1.60. The number of esters is 1. The maximum atomic E-state index is 12.2. The van der Waals surface area contributed by atoms with E-state index in [4.69, 9.17) is 27.9 Å². The molecule has 140 valence electrons. The van der Waals surface area contributed by atoms with Crippen molar-refractivity contribution in [2.75, 3.05) is 5.32 Å². The number of carbonyl (C=O) groups excluding carboxylic acids is 2. The summed E-state index contributed by atoms with van der Waals surface area (Å²) in [5.41, 5.74) is 1.82. The van der Waals surface area contributed by atoms with Gasteiger partial charge in [-0.2, -0.15) is 0 Å². The van der Waals surface area contributed by atoms with Gasteiger partial charge in [-0.3, -0.25) is 4.79 Å². The number of hydrogen-bond donors (Lipinski definition) is 1. The first kappa shape index (κ1) is 19.7. The fourth-order valence-electron chi connectivity index (χ4n) is 2.36. The second-order valence-corrected chi connectivity index (χ2v) is 6.68. The molecule has 1 N–H and O–H groups in total. The van der Waals surface area contributed by atoms with Gasteiger partial charge in [0.1, 0.15) is 5.75 Å². The average Bonchev–Trinajstić information content (AvgIpc) is 2.67. The molecule has 0 aliphatic carbocycles. The molecule has 0 aliphatic rings. The monoisotopic (exact) mass is 411 g/mol. The molecule has 3 aromatic carbocycles. The summed E-state index contributed by atoms with van der Waals surface area (Å²) in [6.45, 7) is 0. The number of halogens is 2. The van der Waals surface area contributed by atoms with Gasteiger partial charge in [0.05, 0.1) is 5.56 Å².